The van der Waals surface area contributed by atoms with Crippen LogP contribution in [0.25, 0.3) is 0 Å². The lowest BCUT2D eigenvalue weighted by molar-refractivity contribution is -0.118. The van der Waals surface area contributed by atoms with E-state index in [1.54, 1.807) is 11.8 Å². The fourth-order valence-electron chi connectivity index (χ4n) is 2.43. The number of hydrogen-bond acceptors (Lipinski definition) is 3. The summed E-state index contributed by atoms with van der Waals surface area (Å²) in [6.07, 6.45) is 4.96. The molecular formula is C16H23ClN2OS. The van der Waals surface area contributed by atoms with E-state index in [0.717, 1.165) is 35.8 Å². The SMILES string of the molecule is O=C(CSCc1ccccc1Cl)NC[C@@H]1CCCCCN1. The molecule has 1 aliphatic heterocycles. The number of amides is 1. The minimum Gasteiger partial charge on any atom is -0.354 e. The number of carbonyl (C=O) groups excluding carboxylic acids is 1. The average molecular weight is 327 g/mol. The predicted octanol–water partition coefficient (Wildman–Crippen LogP) is 3.22. The molecule has 5 heteroatoms. The summed E-state index contributed by atoms with van der Waals surface area (Å²) in [6, 6.07) is 8.21. The van der Waals surface area contributed by atoms with E-state index >= 15 is 0 Å². The third-order valence-corrected chi connectivity index (χ3v) is 5.01. The molecule has 0 aliphatic carbocycles. The van der Waals surface area contributed by atoms with Gasteiger partial charge < -0.3 is 10.6 Å². The fraction of sp³-hybridized carbons (Fsp3) is 0.562. The summed E-state index contributed by atoms with van der Waals surface area (Å²) in [6.45, 7) is 1.81. The number of halogens is 1. The highest BCUT2D eigenvalue weighted by Gasteiger charge is 2.12. The van der Waals surface area contributed by atoms with Crippen LogP contribution in [0.15, 0.2) is 24.3 Å². The summed E-state index contributed by atoms with van der Waals surface area (Å²) < 4.78 is 0. The highest BCUT2D eigenvalue weighted by molar-refractivity contribution is 7.99. The second-order valence-electron chi connectivity index (χ2n) is 5.39. The van der Waals surface area contributed by atoms with Gasteiger partial charge in [0.15, 0.2) is 0 Å². The lowest BCUT2D eigenvalue weighted by Crippen LogP contribution is -2.41. The summed E-state index contributed by atoms with van der Waals surface area (Å²) in [7, 11) is 0. The molecule has 1 amide bonds. The molecule has 1 heterocycles. The van der Waals surface area contributed by atoms with Crippen molar-refractivity contribution in [3.63, 3.8) is 0 Å². The maximum atomic E-state index is 11.9. The Morgan fingerprint density at radius 1 is 1.33 bits per heavy atom. The van der Waals surface area contributed by atoms with Gasteiger partial charge in [-0.1, -0.05) is 42.6 Å². The molecule has 3 nitrogen and oxygen atoms in total. The lowest BCUT2D eigenvalue weighted by atomic mass is 10.1. The van der Waals surface area contributed by atoms with Crippen LogP contribution in [0, 0.1) is 0 Å². The second kappa shape index (κ2) is 9.34. The van der Waals surface area contributed by atoms with Crippen LogP contribution < -0.4 is 10.6 Å². The molecular weight excluding hydrogens is 304 g/mol. The van der Waals surface area contributed by atoms with E-state index in [1.807, 2.05) is 24.3 Å². The van der Waals surface area contributed by atoms with Gasteiger partial charge in [0.05, 0.1) is 5.75 Å². The first-order chi connectivity index (χ1) is 10.3. The van der Waals surface area contributed by atoms with Crippen molar-refractivity contribution in [2.24, 2.45) is 0 Å². The fourth-order valence-corrected chi connectivity index (χ4v) is 3.58. The topological polar surface area (TPSA) is 41.1 Å². The van der Waals surface area contributed by atoms with Gasteiger partial charge in [-0.05, 0) is 31.0 Å². The van der Waals surface area contributed by atoms with E-state index in [4.69, 9.17) is 11.6 Å². The Bertz CT molecular complexity index is 448. The monoisotopic (exact) mass is 326 g/mol. The molecule has 1 saturated heterocycles. The number of rotatable bonds is 6. The molecule has 2 rings (SSSR count). The number of benzene rings is 1. The number of thioether (sulfide) groups is 1. The van der Waals surface area contributed by atoms with Gasteiger partial charge in [-0.3, -0.25) is 4.79 Å². The molecule has 0 radical (unpaired) electrons. The molecule has 0 spiro atoms. The van der Waals surface area contributed by atoms with Crippen LogP contribution in [0.3, 0.4) is 0 Å². The molecule has 0 bridgehead atoms. The van der Waals surface area contributed by atoms with Crippen LogP contribution in [0.1, 0.15) is 31.2 Å². The second-order valence-corrected chi connectivity index (χ2v) is 6.78. The molecule has 2 N–H and O–H groups in total. The first-order valence-electron chi connectivity index (χ1n) is 7.57. The maximum Gasteiger partial charge on any atom is 0.230 e. The van der Waals surface area contributed by atoms with Gasteiger partial charge in [0.25, 0.3) is 0 Å². The van der Waals surface area contributed by atoms with Crippen molar-refractivity contribution in [2.45, 2.75) is 37.5 Å². The highest BCUT2D eigenvalue weighted by atomic mass is 35.5. The quantitative estimate of drug-likeness (QED) is 0.843. The van der Waals surface area contributed by atoms with Crippen LogP contribution in [-0.2, 0) is 10.5 Å². The van der Waals surface area contributed by atoms with Gasteiger partial charge in [0.2, 0.25) is 5.91 Å². The van der Waals surface area contributed by atoms with E-state index in [1.165, 1.54) is 19.3 Å². The zero-order valence-corrected chi connectivity index (χ0v) is 13.8. The Hall–Kier alpha value is -0.710. The van der Waals surface area contributed by atoms with E-state index in [0.29, 0.717) is 11.8 Å². The molecule has 1 aromatic rings. The average Bonchev–Trinajstić information content (AvgIpc) is 2.76. The van der Waals surface area contributed by atoms with Crippen LogP contribution >= 0.6 is 23.4 Å². The summed E-state index contributed by atoms with van der Waals surface area (Å²) in [5.74, 6) is 1.37. The summed E-state index contributed by atoms with van der Waals surface area (Å²) in [5.41, 5.74) is 1.09. The molecule has 116 valence electrons. The minimum atomic E-state index is 0.109. The molecule has 0 unspecified atom stereocenters. The molecule has 1 atom stereocenters. The van der Waals surface area contributed by atoms with Crippen LogP contribution in [0.4, 0.5) is 0 Å². The first kappa shape index (κ1) is 16.7. The smallest absolute Gasteiger partial charge is 0.230 e. The van der Waals surface area contributed by atoms with Crippen LogP contribution in [0.5, 0.6) is 0 Å². The van der Waals surface area contributed by atoms with Gasteiger partial charge in [0.1, 0.15) is 0 Å². The van der Waals surface area contributed by atoms with Crippen LogP contribution in [-0.4, -0.2) is 30.8 Å². The van der Waals surface area contributed by atoms with E-state index in [9.17, 15) is 4.79 Å². The largest absolute Gasteiger partial charge is 0.354 e. The predicted molar refractivity (Wildman–Crippen MR) is 90.9 cm³/mol. The third kappa shape index (κ3) is 6.29. The lowest BCUT2D eigenvalue weighted by Gasteiger charge is -2.16. The van der Waals surface area contributed by atoms with Gasteiger partial charge in [-0.2, -0.15) is 0 Å². The minimum absolute atomic E-state index is 0.109. The van der Waals surface area contributed by atoms with E-state index in [-0.39, 0.29) is 5.91 Å². The first-order valence-corrected chi connectivity index (χ1v) is 9.10. The Morgan fingerprint density at radius 3 is 3.05 bits per heavy atom. The Morgan fingerprint density at radius 2 is 2.19 bits per heavy atom. The van der Waals surface area contributed by atoms with Crippen LogP contribution in [0.2, 0.25) is 5.02 Å². The van der Waals surface area contributed by atoms with Gasteiger partial charge in [-0.25, -0.2) is 0 Å². The van der Waals surface area contributed by atoms with Gasteiger partial charge in [-0.15, -0.1) is 11.8 Å². The van der Waals surface area contributed by atoms with Crippen molar-refractivity contribution in [2.75, 3.05) is 18.8 Å². The van der Waals surface area contributed by atoms with Crippen molar-refractivity contribution in [3.05, 3.63) is 34.9 Å². The molecule has 0 saturated carbocycles. The standard InChI is InChI=1S/C16H23ClN2OS/c17-15-8-4-3-6-13(15)11-21-12-16(20)19-10-14-7-2-1-5-9-18-14/h3-4,6,8,14,18H,1-2,5,7,9-12H2,(H,19,20)/t14-/m0/s1. The normalized spacial score (nSPS) is 19.0. The Balaban J connectivity index is 1.62. The zero-order chi connectivity index (χ0) is 14.9. The molecule has 1 aliphatic rings. The molecule has 0 aromatic heterocycles. The summed E-state index contributed by atoms with van der Waals surface area (Å²) >= 11 is 7.70. The van der Waals surface area contributed by atoms with Gasteiger partial charge >= 0.3 is 0 Å². The number of hydrogen-bond donors (Lipinski definition) is 2. The van der Waals surface area contributed by atoms with Crippen molar-refractivity contribution in [1.82, 2.24) is 10.6 Å². The van der Waals surface area contributed by atoms with Gasteiger partial charge in [0, 0.05) is 23.4 Å². The molecule has 1 aromatic carbocycles. The van der Waals surface area contributed by atoms with Crippen molar-refractivity contribution in [3.8, 4) is 0 Å². The van der Waals surface area contributed by atoms with Crippen molar-refractivity contribution >= 4 is 29.3 Å². The summed E-state index contributed by atoms with van der Waals surface area (Å²) in [4.78, 5) is 11.9. The molecule has 1 fully saturated rings. The number of nitrogens with one attached hydrogen (secondary N) is 2. The zero-order valence-electron chi connectivity index (χ0n) is 12.2. The van der Waals surface area contributed by atoms with E-state index in [2.05, 4.69) is 10.6 Å². The maximum absolute atomic E-state index is 11.9. The summed E-state index contributed by atoms with van der Waals surface area (Å²) in [5, 5.41) is 7.28. The third-order valence-electron chi connectivity index (χ3n) is 3.66. The van der Waals surface area contributed by atoms with Crippen molar-refractivity contribution in [1.29, 1.82) is 0 Å². The van der Waals surface area contributed by atoms with E-state index < -0.39 is 0 Å². The van der Waals surface area contributed by atoms with Crippen molar-refractivity contribution < 1.29 is 4.79 Å². The highest BCUT2D eigenvalue weighted by Crippen LogP contribution is 2.20. The Labute approximate surface area is 136 Å². The Kier molecular flexibility index (Phi) is 7.41. The number of carbonyl (C=O) groups is 1. The molecule has 21 heavy (non-hydrogen) atoms.